The zero-order chi connectivity index (χ0) is 14.8. The van der Waals surface area contributed by atoms with Crippen LogP contribution in [0.4, 0.5) is 0 Å². The standard InChI is InChI=1S/C15H20N4O/c1-5-15(3,4)16-14(20)13-10-19(18-17-13)12-8-6-11(2)7-9-12/h6-10H,5H2,1-4H3,(H,16,20). The predicted octanol–water partition coefficient (Wildman–Crippen LogP) is 2.49. The van der Waals surface area contributed by atoms with Crippen molar-refractivity contribution in [1.82, 2.24) is 20.3 Å². The van der Waals surface area contributed by atoms with E-state index in [0.717, 1.165) is 12.1 Å². The van der Waals surface area contributed by atoms with Gasteiger partial charge in [-0.25, -0.2) is 4.68 Å². The highest BCUT2D eigenvalue weighted by Crippen LogP contribution is 2.10. The van der Waals surface area contributed by atoms with E-state index in [2.05, 4.69) is 15.6 Å². The summed E-state index contributed by atoms with van der Waals surface area (Å²) in [5.41, 5.74) is 2.14. The van der Waals surface area contributed by atoms with Crippen molar-refractivity contribution < 1.29 is 4.79 Å². The van der Waals surface area contributed by atoms with Gasteiger partial charge in [0.15, 0.2) is 5.69 Å². The summed E-state index contributed by atoms with van der Waals surface area (Å²) in [7, 11) is 0. The molecule has 5 nitrogen and oxygen atoms in total. The van der Waals surface area contributed by atoms with Crippen molar-refractivity contribution >= 4 is 5.91 Å². The Balaban J connectivity index is 2.17. The Morgan fingerprint density at radius 3 is 2.55 bits per heavy atom. The number of benzene rings is 1. The molecule has 0 unspecified atom stereocenters. The van der Waals surface area contributed by atoms with E-state index in [4.69, 9.17) is 0 Å². The molecule has 0 saturated heterocycles. The summed E-state index contributed by atoms with van der Waals surface area (Å²) >= 11 is 0. The normalized spacial score (nSPS) is 11.4. The number of amides is 1. The Labute approximate surface area is 119 Å². The Bertz CT molecular complexity index is 599. The molecule has 0 fully saturated rings. The highest BCUT2D eigenvalue weighted by molar-refractivity contribution is 5.92. The monoisotopic (exact) mass is 272 g/mol. The van der Waals surface area contributed by atoms with Gasteiger partial charge in [-0.05, 0) is 39.3 Å². The number of aryl methyl sites for hydroxylation is 1. The number of nitrogens with zero attached hydrogens (tertiary/aromatic N) is 3. The molecular weight excluding hydrogens is 252 g/mol. The van der Waals surface area contributed by atoms with Crippen LogP contribution in [-0.2, 0) is 0 Å². The quantitative estimate of drug-likeness (QED) is 0.930. The third kappa shape index (κ3) is 3.23. The van der Waals surface area contributed by atoms with Crippen LogP contribution in [0.5, 0.6) is 0 Å². The number of hydrogen-bond donors (Lipinski definition) is 1. The van der Waals surface area contributed by atoms with Crippen molar-refractivity contribution in [1.29, 1.82) is 0 Å². The molecule has 0 radical (unpaired) electrons. The lowest BCUT2D eigenvalue weighted by Crippen LogP contribution is -2.42. The molecule has 0 spiro atoms. The molecule has 1 N–H and O–H groups in total. The Morgan fingerprint density at radius 1 is 1.30 bits per heavy atom. The molecule has 0 saturated carbocycles. The summed E-state index contributed by atoms with van der Waals surface area (Å²) in [6.07, 6.45) is 2.50. The third-order valence-electron chi connectivity index (χ3n) is 3.36. The van der Waals surface area contributed by atoms with Crippen molar-refractivity contribution in [2.45, 2.75) is 39.7 Å². The van der Waals surface area contributed by atoms with E-state index >= 15 is 0 Å². The number of carbonyl (C=O) groups excluding carboxylic acids is 1. The molecule has 1 heterocycles. The lowest BCUT2D eigenvalue weighted by molar-refractivity contribution is 0.0906. The number of nitrogens with one attached hydrogen (secondary N) is 1. The van der Waals surface area contributed by atoms with E-state index in [1.165, 1.54) is 5.56 Å². The van der Waals surface area contributed by atoms with E-state index in [0.29, 0.717) is 5.69 Å². The van der Waals surface area contributed by atoms with E-state index in [9.17, 15) is 4.79 Å². The topological polar surface area (TPSA) is 59.8 Å². The Hall–Kier alpha value is -2.17. The van der Waals surface area contributed by atoms with Gasteiger partial charge in [0.2, 0.25) is 0 Å². The van der Waals surface area contributed by atoms with Crippen LogP contribution >= 0.6 is 0 Å². The summed E-state index contributed by atoms with van der Waals surface area (Å²) in [4.78, 5) is 12.1. The first-order valence-corrected chi connectivity index (χ1v) is 6.73. The minimum atomic E-state index is -0.245. The Morgan fingerprint density at radius 2 is 1.95 bits per heavy atom. The second-order valence-electron chi connectivity index (χ2n) is 5.58. The molecule has 1 amide bonds. The molecular formula is C15H20N4O. The summed E-state index contributed by atoms with van der Waals surface area (Å²) in [5, 5.41) is 10.9. The first-order valence-electron chi connectivity index (χ1n) is 6.73. The summed E-state index contributed by atoms with van der Waals surface area (Å²) < 4.78 is 1.60. The van der Waals surface area contributed by atoms with Crippen molar-refractivity contribution in [2.75, 3.05) is 0 Å². The van der Waals surface area contributed by atoms with Crippen LogP contribution in [-0.4, -0.2) is 26.4 Å². The van der Waals surface area contributed by atoms with Gasteiger partial charge >= 0.3 is 0 Å². The molecule has 0 aliphatic carbocycles. The zero-order valence-corrected chi connectivity index (χ0v) is 12.3. The van der Waals surface area contributed by atoms with Gasteiger partial charge in [-0.1, -0.05) is 29.8 Å². The first-order chi connectivity index (χ1) is 9.41. The summed E-state index contributed by atoms with van der Waals surface area (Å²) in [6, 6.07) is 7.89. The van der Waals surface area contributed by atoms with Crippen molar-refractivity contribution in [3.63, 3.8) is 0 Å². The van der Waals surface area contributed by atoms with Gasteiger partial charge in [0.1, 0.15) is 0 Å². The van der Waals surface area contributed by atoms with Crippen LogP contribution in [0.1, 0.15) is 43.2 Å². The highest BCUT2D eigenvalue weighted by Gasteiger charge is 2.20. The van der Waals surface area contributed by atoms with Crippen LogP contribution < -0.4 is 5.32 Å². The largest absolute Gasteiger partial charge is 0.346 e. The van der Waals surface area contributed by atoms with Gasteiger partial charge in [-0.2, -0.15) is 0 Å². The van der Waals surface area contributed by atoms with Crippen LogP contribution in [0.25, 0.3) is 5.69 Å². The summed E-state index contributed by atoms with van der Waals surface area (Å²) in [6.45, 7) is 8.02. The van der Waals surface area contributed by atoms with Gasteiger partial charge in [0, 0.05) is 5.54 Å². The maximum atomic E-state index is 12.1. The maximum absolute atomic E-state index is 12.1. The van der Waals surface area contributed by atoms with Crippen LogP contribution in [0.3, 0.4) is 0 Å². The SMILES string of the molecule is CCC(C)(C)NC(=O)c1cn(-c2ccc(C)cc2)nn1. The minimum Gasteiger partial charge on any atom is -0.346 e. The van der Waals surface area contributed by atoms with Gasteiger partial charge in [0.25, 0.3) is 5.91 Å². The van der Waals surface area contributed by atoms with Crippen molar-refractivity contribution in [3.8, 4) is 5.69 Å². The van der Waals surface area contributed by atoms with Gasteiger partial charge < -0.3 is 5.32 Å². The van der Waals surface area contributed by atoms with E-state index in [1.54, 1.807) is 10.9 Å². The highest BCUT2D eigenvalue weighted by atomic mass is 16.2. The first kappa shape index (κ1) is 14.2. The molecule has 0 atom stereocenters. The second-order valence-corrected chi connectivity index (χ2v) is 5.58. The summed E-state index contributed by atoms with van der Waals surface area (Å²) in [5.74, 6) is -0.199. The maximum Gasteiger partial charge on any atom is 0.273 e. The predicted molar refractivity (Wildman–Crippen MR) is 77.9 cm³/mol. The molecule has 1 aromatic carbocycles. The molecule has 0 aliphatic heterocycles. The van der Waals surface area contributed by atoms with E-state index < -0.39 is 0 Å². The fraction of sp³-hybridized carbons (Fsp3) is 0.400. The number of hydrogen-bond acceptors (Lipinski definition) is 3. The Kier molecular flexibility index (Phi) is 3.88. The molecule has 5 heteroatoms. The van der Waals surface area contributed by atoms with Crippen LogP contribution in [0.2, 0.25) is 0 Å². The molecule has 106 valence electrons. The number of carbonyl (C=O) groups is 1. The molecule has 0 aliphatic rings. The fourth-order valence-corrected chi connectivity index (χ4v) is 1.65. The van der Waals surface area contributed by atoms with E-state index in [1.807, 2.05) is 52.0 Å². The molecule has 2 aromatic rings. The lowest BCUT2D eigenvalue weighted by atomic mass is 10.0. The lowest BCUT2D eigenvalue weighted by Gasteiger charge is -2.23. The van der Waals surface area contributed by atoms with Gasteiger partial charge in [0.05, 0.1) is 11.9 Å². The zero-order valence-electron chi connectivity index (χ0n) is 12.3. The van der Waals surface area contributed by atoms with Crippen LogP contribution in [0.15, 0.2) is 30.5 Å². The van der Waals surface area contributed by atoms with Gasteiger partial charge in [-0.3, -0.25) is 4.79 Å². The van der Waals surface area contributed by atoms with E-state index in [-0.39, 0.29) is 11.4 Å². The molecule has 1 aromatic heterocycles. The number of aromatic nitrogens is 3. The molecule has 0 bridgehead atoms. The minimum absolute atomic E-state index is 0.199. The van der Waals surface area contributed by atoms with Gasteiger partial charge in [-0.15, -0.1) is 5.10 Å². The fourth-order valence-electron chi connectivity index (χ4n) is 1.65. The van der Waals surface area contributed by atoms with Crippen molar-refractivity contribution in [2.24, 2.45) is 0 Å². The van der Waals surface area contributed by atoms with Crippen LogP contribution in [0, 0.1) is 6.92 Å². The number of rotatable bonds is 4. The molecule has 2 rings (SSSR count). The third-order valence-corrected chi connectivity index (χ3v) is 3.36. The average Bonchev–Trinajstić information content (AvgIpc) is 2.89. The van der Waals surface area contributed by atoms with Crippen molar-refractivity contribution in [3.05, 3.63) is 41.7 Å². The molecule has 20 heavy (non-hydrogen) atoms. The second kappa shape index (κ2) is 5.45. The smallest absolute Gasteiger partial charge is 0.273 e. The average molecular weight is 272 g/mol.